The van der Waals surface area contributed by atoms with Crippen LogP contribution in [0, 0.1) is 0 Å². The van der Waals surface area contributed by atoms with Gasteiger partial charge in [0.2, 0.25) is 0 Å². The summed E-state index contributed by atoms with van der Waals surface area (Å²) in [5.41, 5.74) is 1.62. The Morgan fingerprint density at radius 3 is 2.93 bits per heavy atom. The second-order valence-corrected chi connectivity index (χ2v) is 2.49. The third-order valence-electron chi connectivity index (χ3n) is 1.75. The monoisotopic (exact) mass is 284 g/mol. The minimum Gasteiger partial charge on any atom is -0.465 e. The molecule has 1 N–H and O–H groups in total. The number of rotatable bonds is 1. The average Bonchev–Trinajstić information content (AvgIpc) is 2.63. The third-order valence-corrected chi connectivity index (χ3v) is 1.75. The Kier molecular flexibility index (Phi) is 3.40. The molecule has 1 aromatic carbocycles. The van der Waals surface area contributed by atoms with Crippen LogP contribution in [-0.4, -0.2) is 28.5 Å². The van der Waals surface area contributed by atoms with Crippen LogP contribution in [0.5, 0.6) is 0 Å². The average molecular weight is 285 g/mol. The zero-order valence-electron chi connectivity index (χ0n) is 7.24. The first-order valence-electron chi connectivity index (χ1n) is 3.70. The summed E-state index contributed by atoms with van der Waals surface area (Å²) in [6, 6.07) is 5.15. The molecule has 14 heavy (non-hydrogen) atoms. The van der Waals surface area contributed by atoms with Gasteiger partial charge in [-0.15, -0.1) is 0 Å². The minimum atomic E-state index is -0.403. The second kappa shape index (κ2) is 4.36. The number of ether oxygens (including phenoxy) is 1. The van der Waals surface area contributed by atoms with Crippen LogP contribution in [0.1, 0.15) is 10.4 Å². The number of hydrogen-bond donors (Lipinski definition) is 1. The summed E-state index contributed by atoms with van der Waals surface area (Å²) in [6.07, 6.45) is 0. The van der Waals surface area contributed by atoms with E-state index in [9.17, 15) is 4.79 Å². The fraction of sp³-hybridized carbons (Fsp3) is 0.125. The number of nitrogens with zero attached hydrogens (tertiary/aromatic N) is 2. The minimum absolute atomic E-state index is 0. The largest absolute Gasteiger partial charge is 0.465 e. The summed E-state index contributed by atoms with van der Waals surface area (Å²) in [5, 5.41) is 10.2. The first-order valence-corrected chi connectivity index (χ1v) is 3.70. The molecule has 0 fully saturated rings. The van der Waals surface area contributed by atoms with Crippen molar-refractivity contribution in [1.29, 1.82) is 0 Å². The number of H-pyrrole nitrogens is 1. The molecule has 2 aromatic rings. The normalized spacial score (nSPS) is 9.50. The number of hydrogen-bond acceptors (Lipinski definition) is 4. The van der Waals surface area contributed by atoms with Crippen LogP contribution < -0.4 is 0 Å². The molecule has 77 valence electrons. The molecule has 6 heteroatoms. The van der Waals surface area contributed by atoms with Gasteiger partial charge in [-0.05, 0) is 12.1 Å². The van der Waals surface area contributed by atoms with Crippen LogP contribution in [0.4, 0.5) is 0 Å². The molecule has 0 aliphatic rings. The van der Waals surface area contributed by atoms with Crippen molar-refractivity contribution in [1.82, 2.24) is 15.4 Å². The molecule has 0 amide bonds. The molecule has 0 spiro atoms. The van der Waals surface area contributed by atoms with Crippen LogP contribution in [0.15, 0.2) is 18.2 Å². The van der Waals surface area contributed by atoms with E-state index in [1.165, 1.54) is 7.11 Å². The van der Waals surface area contributed by atoms with Crippen molar-refractivity contribution in [2.24, 2.45) is 0 Å². The van der Waals surface area contributed by atoms with Gasteiger partial charge in [0.15, 0.2) is 0 Å². The van der Waals surface area contributed by atoms with Gasteiger partial charge in [-0.2, -0.15) is 15.4 Å². The summed E-state index contributed by atoms with van der Waals surface area (Å²) in [4.78, 5) is 11.2. The first-order chi connectivity index (χ1) is 6.33. The van der Waals surface area contributed by atoms with Crippen molar-refractivity contribution < 1.29 is 31.9 Å². The number of carbonyl (C=O) groups is 1. The number of esters is 1. The van der Waals surface area contributed by atoms with Gasteiger partial charge in [-0.25, -0.2) is 4.79 Å². The summed E-state index contributed by atoms with van der Waals surface area (Å²) in [6.45, 7) is 0. The van der Waals surface area contributed by atoms with Crippen LogP contribution in [0.2, 0.25) is 0 Å². The van der Waals surface area contributed by atoms with Crippen LogP contribution in [-0.2, 0) is 27.1 Å². The van der Waals surface area contributed by atoms with E-state index in [-0.39, 0.29) is 22.4 Å². The second-order valence-electron chi connectivity index (χ2n) is 2.49. The maximum Gasteiger partial charge on any atom is 0.340 e. The molecule has 0 aliphatic heterocycles. The Labute approximate surface area is 95.3 Å². The summed E-state index contributed by atoms with van der Waals surface area (Å²) in [7, 11) is 1.33. The number of methoxy groups -OCH3 is 1. The maximum atomic E-state index is 11.2. The molecule has 0 aliphatic carbocycles. The summed E-state index contributed by atoms with van der Waals surface area (Å²) in [5.74, 6) is -0.403. The summed E-state index contributed by atoms with van der Waals surface area (Å²) >= 11 is 0. The molecule has 0 saturated carbocycles. The fourth-order valence-electron chi connectivity index (χ4n) is 1.14. The molecule has 0 bridgehead atoms. The van der Waals surface area contributed by atoms with E-state index >= 15 is 0 Å². The first kappa shape index (κ1) is 10.9. The van der Waals surface area contributed by atoms with Gasteiger partial charge in [0.1, 0.15) is 11.0 Å². The number of aromatic nitrogens is 3. The van der Waals surface area contributed by atoms with E-state index in [0.717, 1.165) is 0 Å². The molecular formula is C8H7AgN3O2. The number of aromatic amines is 1. The molecule has 1 heterocycles. The Bertz CT molecular complexity index is 455. The van der Waals surface area contributed by atoms with E-state index in [1.807, 2.05) is 0 Å². The number of para-hydroxylation sites is 1. The van der Waals surface area contributed by atoms with Crippen molar-refractivity contribution in [3.05, 3.63) is 23.8 Å². The van der Waals surface area contributed by atoms with Gasteiger partial charge in [0, 0.05) is 22.4 Å². The van der Waals surface area contributed by atoms with Crippen molar-refractivity contribution in [2.75, 3.05) is 7.11 Å². The van der Waals surface area contributed by atoms with E-state index in [1.54, 1.807) is 18.2 Å². The van der Waals surface area contributed by atoms with Crippen LogP contribution >= 0.6 is 0 Å². The number of carbonyl (C=O) groups excluding carboxylic acids is 1. The maximum absolute atomic E-state index is 11.2. The van der Waals surface area contributed by atoms with Crippen molar-refractivity contribution >= 4 is 17.0 Å². The zero-order chi connectivity index (χ0) is 9.26. The zero-order valence-corrected chi connectivity index (χ0v) is 8.73. The molecule has 0 saturated heterocycles. The SMILES string of the molecule is COC(=O)c1cccc2n[nH]nc12.[Ag]. The third kappa shape index (κ3) is 1.70. The number of benzene rings is 1. The standard InChI is InChI=1S/C8H7N3O2.Ag/c1-13-8(12)5-3-2-4-6-7(5)10-11-9-6;/h2-4H,1H3,(H,9,10,11);. The van der Waals surface area contributed by atoms with Gasteiger partial charge < -0.3 is 4.74 Å². The molecule has 0 unspecified atom stereocenters. The predicted molar refractivity (Wildman–Crippen MR) is 45.2 cm³/mol. The van der Waals surface area contributed by atoms with E-state index < -0.39 is 5.97 Å². The quantitative estimate of drug-likeness (QED) is 0.620. The molecule has 2 rings (SSSR count). The Balaban J connectivity index is 0.000000980. The van der Waals surface area contributed by atoms with Gasteiger partial charge in [0.25, 0.3) is 0 Å². The molecule has 0 atom stereocenters. The van der Waals surface area contributed by atoms with Gasteiger partial charge in [-0.3, -0.25) is 0 Å². The molecule has 5 nitrogen and oxygen atoms in total. The van der Waals surface area contributed by atoms with E-state index in [2.05, 4.69) is 20.1 Å². The molecule has 1 aromatic heterocycles. The Morgan fingerprint density at radius 1 is 1.43 bits per heavy atom. The van der Waals surface area contributed by atoms with Crippen molar-refractivity contribution in [3.63, 3.8) is 0 Å². The van der Waals surface area contributed by atoms with Gasteiger partial charge >= 0.3 is 5.97 Å². The topological polar surface area (TPSA) is 67.9 Å². The molecule has 1 radical (unpaired) electrons. The van der Waals surface area contributed by atoms with Crippen molar-refractivity contribution in [2.45, 2.75) is 0 Å². The Morgan fingerprint density at radius 2 is 2.21 bits per heavy atom. The number of fused-ring (bicyclic) bond motifs is 1. The van der Waals surface area contributed by atoms with E-state index in [0.29, 0.717) is 16.6 Å². The smallest absolute Gasteiger partial charge is 0.340 e. The number of nitrogens with one attached hydrogen (secondary N) is 1. The fourth-order valence-corrected chi connectivity index (χ4v) is 1.14. The van der Waals surface area contributed by atoms with Crippen LogP contribution in [0.25, 0.3) is 11.0 Å². The van der Waals surface area contributed by atoms with Crippen LogP contribution in [0.3, 0.4) is 0 Å². The van der Waals surface area contributed by atoms with Gasteiger partial charge in [-0.1, -0.05) is 6.07 Å². The predicted octanol–water partition coefficient (Wildman–Crippen LogP) is 0.742. The summed E-state index contributed by atoms with van der Waals surface area (Å²) < 4.78 is 4.59. The molecular weight excluding hydrogens is 278 g/mol. The van der Waals surface area contributed by atoms with Crippen molar-refractivity contribution in [3.8, 4) is 0 Å². The van der Waals surface area contributed by atoms with E-state index in [4.69, 9.17) is 0 Å². The Hall–Kier alpha value is -1.17. The van der Waals surface area contributed by atoms with Gasteiger partial charge in [0.05, 0.1) is 12.7 Å².